The summed E-state index contributed by atoms with van der Waals surface area (Å²) in [5.74, 6) is 1.83. The topological polar surface area (TPSA) is 85.4 Å². The van der Waals surface area contributed by atoms with Crippen molar-refractivity contribution < 1.29 is 27.4 Å². The van der Waals surface area contributed by atoms with Gasteiger partial charge in [0.15, 0.2) is 11.5 Å². The zero-order chi connectivity index (χ0) is 30.1. The van der Waals surface area contributed by atoms with Crippen LogP contribution in [0.15, 0.2) is 42.5 Å². The highest BCUT2D eigenvalue weighted by Crippen LogP contribution is 2.67. The largest absolute Gasteiger partial charge is 0.493 e. The molecule has 5 atom stereocenters. The molecular weight excluding hydrogens is 564 g/mol. The number of methoxy groups -OCH3 is 1. The summed E-state index contributed by atoms with van der Waals surface area (Å²) >= 11 is 0. The van der Waals surface area contributed by atoms with E-state index in [1.807, 2.05) is 36.4 Å². The van der Waals surface area contributed by atoms with Crippen molar-refractivity contribution in [2.75, 3.05) is 26.7 Å². The zero-order valence-corrected chi connectivity index (χ0v) is 26.6. The van der Waals surface area contributed by atoms with E-state index in [0.29, 0.717) is 36.8 Å². The minimum Gasteiger partial charge on any atom is -0.493 e. The molecule has 2 aliphatic heterocycles. The molecule has 1 saturated heterocycles. The second kappa shape index (κ2) is 10.5. The zero-order valence-electron chi connectivity index (χ0n) is 25.8. The highest BCUT2D eigenvalue weighted by molar-refractivity contribution is 7.88. The molecule has 8 nitrogen and oxygen atoms in total. The van der Waals surface area contributed by atoms with Gasteiger partial charge in [0.05, 0.1) is 30.4 Å². The van der Waals surface area contributed by atoms with Gasteiger partial charge >= 0.3 is 5.97 Å². The van der Waals surface area contributed by atoms with Crippen LogP contribution in [-0.4, -0.2) is 74.1 Å². The van der Waals surface area contributed by atoms with E-state index in [2.05, 4.69) is 24.8 Å². The number of ether oxygens (including phenoxy) is 3. The second-order valence-corrected chi connectivity index (χ2v) is 15.8. The molecule has 7 rings (SSSR count). The van der Waals surface area contributed by atoms with E-state index in [0.717, 1.165) is 37.1 Å². The van der Waals surface area contributed by atoms with E-state index < -0.39 is 33.2 Å². The smallest absolute Gasteiger partial charge is 0.303 e. The maximum absolute atomic E-state index is 14.3. The van der Waals surface area contributed by atoms with Crippen molar-refractivity contribution in [2.24, 2.45) is 11.8 Å². The number of nitrogens with zero attached hydrogens (tertiary/aromatic N) is 2. The van der Waals surface area contributed by atoms with Gasteiger partial charge < -0.3 is 14.2 Å². The first kappa shape index (κ1) is 29.1. The molecule has 0 amide bonds. The van der Waals surface area contributed by atoms with Gasteiger partial charge in [0.1, 0.15) is 11.7 Å². The van der Waals surface area contributed by atoms with E-state index >= 15 is 0 Å². The second-order valence-electron chi connectivity index (χ2n) is 13.8. The first-order valence-electron chi connectivity index (χ1n) is 15.9. The quantitative estimate of drug-likeness (QED) is 0.362. The van der Waals surface area contributed by atoms with Gasteiger partial charge in [0.2, 0.25) is 10.0 Å². The first-order valence-corrected chi connectivity index (χ1v) is 17.5. The number of hydrogen-bond acceptors (Lipinski definition) is 7. The monoisotopic (exact) mass is 608 g/mol. The third kappa shape index (κ3) is 4.52. The van der Waals surface area contributed by atoms with Crippen molar-refractivity contribution in [2.45, 2.75) is 94.3 Å². The van der Waals surface area contributed by atoms with Crippen LogP contribution in [-0.2, 0) is 37.1 Å². The van der Waals surface area contributed by atoms with Gasteiger partial charge in [-0.05, 0) is 74.1 Å². The molecule has 2 bridgehead atoms. The van der Waals surface area contributed by atoms with E-state index in [-0.39, 0.29) is 23.7 Å². The van der Waals surface area contributed by atoms with Crippen molar-refractivity contribution in [3.63, 3.8) is 0 Å². The average molecular weight is 609 g/mol. The van der Waals surface area contributed by atoms with Gasteiger partial charge in [-0.25, -0.2) is 8.42 Å². The van der Waals surface area contributed by atoms with Crippen molar-refractivity contribution in [3.8, 4) is 11.5 Å². The molecule has 0 unspecified atom stereocenters. The van der Waals surface area contributed by atoms with Crippen molar-refractivity contribution in [3.05, 3.63) is 59.2 Å². The number of rotatable bonds is 10. The molecule has 2 saturated carbocycles. The van der Waals surface area contributed by atoms with Gasteiger partial charge in [-0.15, -0.1) is 0 Å². The van der Waals surface area contributed by atoms with Crippen LogP contribution >= 0.6 is 0 Å². The minimum atomic E-state index is -3.71. The summed E-state index contributed by atoms with van der Waals surface area (Å²) in [6, 6.07) is 13.2. The molecule has 9 heteroatoms. The molecule has 1 spiro atoms. The summed E-state index contributed by atoms with van der Waals surface area (Å²) in [4.78, 5) is 15.6. The standard InChI is InChI=1S/C34H44N2O6S/c1-22(2)19-36(43(38,39)21-25-8-6-5-7-9-25)27-14-15-34(42-23(3)37)29-18-26-12-13-28(40-4)31-30(26)33(34,32(27)41-31)16-17-35(29)20-24-10-11-24/h5-9,12-13,22,24,27,29,32H,10-11,14-21H2,1-4H3/t27-,29+,32-,33-,34+/m0/s1. The third-order valence-corrected chi connectivity index (χ3v) is 12.5. The van der Waals surface area contributed by atoms with E-state index in [1.54, 1.807) is 11.4 Å². The predicted octanol–water partition coefficient (Wildman–Crippen LogP) is 4.69. The average Bonchev–Trinajstić information content (AvgIpc) is 3.70. The molecule has 3 fully saturated rings. The molecule has 2 aromatic carbocycles. The summed E-state index contributed by atoms with van der Waals surface area (Å²) in [5.41, 5.74) is 1.58. The van der Waals surface area contributed by atoms with E-state index in [4.69, 9.17) is 14.2 Å². The van der Waals surface area contributed by atoms with Gasteiger partial charge in [0.25, 0.3) is 0 Å². The van der Waals surface area contributed by atoms with Gasteiger partial charge in [-0.2, -0.15) is 4.31 Å². The number of benzene rings is 2. The molecule has 5 aliphatic rings. The Hall–Kier alpha value is -2.62. The number of esters is 1. The lowest BCUT2D eigenvalue weighted by molar-refractivity contribution is -0.222. The summed E-state index contributed by atoms with van der Waals surface area (Å²) in [6.45, 7) is 7.92. The number of hydrogen-bond donors (Lipinski definition) is 0. The Labute approximate surface area is 255 Å². The van der Waals surface area contributed by atoms with Crippen molar-refractivity contribution in [1.82, 2.24) is 9.21 Å². The number of sulfonamides is 1. The van der Waals surface area contributed by atoms with Gasteiger partial charge in [-0.3, -0.25) is 9.69 Å². The summed E-state index contributed by atoms with van der Waals surface area (Å²) in [7, 11) is -2.06. The lowest BCUT2D eigenvalue weighted by Gasteiger charge is -2.65. The van der Waals surface area contributed by atoms with Crippen LogP contribution in [0, 0.1) is 11.8 Å². The lowest BCUT2D eigenvalue weighted by atomic mass is 9.48. The molecule has 2 aromatic rings. The Kier molecular flexibility index (Phi) is 7.10. The van der Waals surface area contributed by atoms with Crippen LogP contribution in [0.2, 0.25) is 0 Å². The fourth-order valence-electron chi connectivity index (χ4n) is 9.02. The Balaban J connectivity index is 1.38. The number of piperidine rings is 1. The summed E-state index contributed by atoms with van der Waals surface area (Å²) in [5, 5.41) is 0. The van der Waals surface area contributed by atoms with Crippen LogP contribution in [0.3, 0.4) is 0 Å². The first-order chi connectivity index (χ1) is 20.6. The molecule has 0 radical (unpaired) electrons. The lowest BCUT2D eigenvalue weighted by Crippen LogP contribution is -2.79. The van der Waals surface area contributed by atoms with Crippen LogP contribution < -0.4 is 9.47 Å². The third-order valence-electron chi connectivity index (χ3n) is 10.7. The van der Waals surface area contributed by atoms with Crippen molar-refractivity contribution >= 4 is 16.0 Å². The highest BCUT2D eigenvalue weighted by atomic mass is 32.2. The SMILES string of the molecule is COc1ccc2c3c1O[C@H]1[C@@H](N(CC(C)C)S(=O)(=O)Cc4ccccc4)CC[C@@]4(OC(C)=O)[C@@H](C2)N(CC2CC2)CC[C@]314. The maximum atomic E-state index is 14.3. The normalized spacial score (nSPS) is 31.1. The molecule has 2 heterocycles. The summed E-state index contributed by atoms with van der Waals surface area (Å²) < 4.78 is 49.9. The van der Waals surface area contributed by atoms with Gasteiger partial charge in [0, 0.05) is 25.6 Å². The van der Waals surface area contributed by atoms with Gasteiger partial charge in [-0.1, -0.05) is 50.2 Å². The Morgan fingerprint density at radius 1 is 1.12 bits per heavy atom. The maximum Gasteiger partial charge on any atom is 0.303 e. The van der Waals surface area contributed by atoms with Crippen LogP contribution in [0.25, 0.3) is 0 Å². The molecule has 0 N–H and O–H groups in total. The molecular formula is C34H44N2O6S. The molecule has 3 aliphatic carbocycles. The summed E-state index contributed by atoms with van der Waals surface area (Å²) in [6.07, 6.45) is 4.67. The predicted molar refractivity (Wildman–Crippen MR) is 164 cm³/mol. The molecule has 0 aromatic heterocycles. The van der Waals surface area contributed by atoms with Crippen LogP contribution in [0.5, 0.6) is 11.5 Å². The Bertz CT molecular complexity index is 1510. The number of carbonyl (C=O) groups is 1. The molecule has 43 heavy (non-hydrogen) atoms. The molecule has 232 valence electrons. The van der Waals surface area contributed by atoms with E-state index in [9.17, 15) is 13.2 Å². The fourth-order valence-corrected chi connectivity index (χ4v) is 11.0. The Morgan fingerprint density at radius 3 is 2.56 bits per heavy atom. The fraction of sp³-hybridized carbons (Fsp3) is 0.618. The van der Waals surface area contributed by atoms with Crippen molar-refractivity contribution in [1.29, 1.82) is 0 Å². The van der Waals surface area contributed by atoms with Crippen LogP contribution in [0.1, 0.15) is 69.6 Å². The Morgan fingerprint density at radius 2 is 1.88 bits per heavy atom. The highest BCUT2D eigenvalue weighted by Gasteiger charge is 2.76. The minimum absolute atomic E-state index is 0.0177. The number of likely N-dealkylation sites (tertiary alicyclic amines) is 1. The van der Waals surface area contributed by atoms with E-state index in [1.165, 1.54) is 25.3 Å². The van der Waals surface area contributed by atoms with Crippen LogP contribution in [0.4, 0.5) is 0 Å². The number of carbonyl (C=O) groups excluding carboxylic acids is 1.